The monoisotopic (exact) mass is 355 g/mol. The van der Waals surface area contributed by atoms with Crippen LogP contribution in [0.25, 0.3) is 0 Å². The molecule has 1 N–H and O–H groups in total. The number of carbonyl (C=O) groups excluding carboxylic acids is 1. The molecule has 1 amide bonds. The van der Waals surface area contributed by atoms with Gasteiger partial charge in [-0.15, -0.1) is 13.2 Å². The van der Waals surface area contributed by atoms with Crippen molar-refractivity contribution in [1.82, 2.24) is 0 Å². The van der Waals surface area contributed by atoms with Gasteiger partial charge in [0.1, 0.15) is 6.61 Å². The third-order valence-electron chi connectivity index (χ3n) is 1.99. The average molecular weight is 356 g/mol. The molecular weight excluding hydrogens is 343 g/mol. The predicted molar refractivity (Wildman–Crippen MR) is 70.5 cm³/mol. The van der Waals surface area contributed by atoms with Crippen molar-refractivity contribution < 1.29 is 27.4 Å². The molecule has 112 valence electrons. The van der Waals surface area contributed by atoms with E-state index in [9.17, 15) is 18.0 Å². The van der Waals surface area contributed by atoms with Crippen LogP contribution in [-0.2, 0) is 9.53 Å². The fraction of sp³-hybridized carbons (Fsp3) is 0.417. The van der Waals surface area contributed by atoms with Gasteiger partial charge in [0.2, 0.25) is 5.91 Å². The molecule has 0 spiro atoms. The quantitative estimate of drug-likeness (QED) is 0.875. The Bertz CT molecular complexity index is 478. The first-order chi connectivity index (χ1) is 9.17. The molecule has 0 saturated carbocycles. The van der Waals surface area contributed by atoms with Gasteiger partial charge in [0.05, 0.1) is 11.8 Å². The van der Waals surface area contributed by atoms with Crippen molar-refractivity contribution in [2.24, 2.45) is 0 Å². The average Bonchev–Trinajstić information content (AvgIpc) is 2.28. The van der Waals surface area contributed by atoms with E-state index in [0.717, 1.165) is 6.07 Å². The fourth-order valence-electron chi connectivity index (χ4n) is 1.24. The van der Waals surface area contributed by atoms with Crippen molar-refractivity contribution in [3.05, 3.63) is 22.7 Å². The zero-order chi connectivity index (χ0) is 15.3. The molecule has 0 heterocycles. The first-order valence-corrected chi connectivity index (χ1v) is 6.43. The van der Waals surface area contributed by atoms with Gasteiger partial charge in [0.25, 0.3) is 0 Å². The van der Waals surface area contributed by atoms with Gasteiger partial charge in [-0.2, -0.15) is 0 Å². The number of ether oxygens (including phenoxy) is 2. The summed E-state index contributed by atoms with van der Waals surface area (Å²) in [6.45, 7) is 3.23. The fourth-order valence-corrected chi connectivity index (χ4v) is 1.58. The highest BCUT2D eigenvalue weighted by Crippen LogP contribution is 2.32. The molecule has 0 fully saturated rings. The molecule has 0 bridgehead atoms. The number of hydrogen-bond donors (Lipinski definition) is 1. The highest BCUT2D eigenvalue weighted by Gasteiger charge is 2.32. The van der Waals surface area contributed by atoms with Crippen LogP contribution in [-0.4, -0.2) is 25.0 Å². The summed E-state index contributed by atoms with van der Waals surface area (Å²) in [5.74, 6) is -1.06. The zero-order valence-electron chi connectivity index (χ0n) is 10.8. The zero-order valence-corrected chi connectivity index (χ0v) is 12.3. The van der Waals surface area contributed by atoms with Crippen molar-refractivity contribution in [3.63, 3.8) is 0 Å². The number of nitrogens with one attached hydrogen (secondary N) is 1. The summed E-state index contributed by atoms with van der Waals surface area (Å²) >= 11 is 3.04. The third kappa shape index (κ3) is 6.25. The van der Waals surface area contributed by atoms with Crippen LogP contribution in [0.3, 0.4) is 0 Å². The number of halogens is 4. The number of alkyl halides is 3. The SMILES string of the molecule is CC(C)OCC(=O)Nc1ccc(Br)cc1OC(F)(F)F. The molecule has 1 rings (SSSR count). The summed E-state index contributed by atoms with van der Waals surface area (Å²) in [6, 6.07) is 3.91. The van der Waals surface area contributed by atoms with Gasteiger partial charge in [-0.25, -0.2) is 0 Å². The van der Waals surface area contributed by atoms with E-state index in [1.807, 2.05) is 0 Å². The van der Waals surface area contributed by atoms with Crippen molar-refractivity contribution >= 4 is 27.5 Å². The Balaban J connectivity index is 2.81. The van der Waals surface area contributed by atoms with Crippen LogP contribution in [0.15, 0.2) is 22.7 Å². The summed E-state index contributed by atoms with van der Waals surface area (Å²) in [7, 11) is 0. The molecule has 0 saturated heterocycles. The van der Waals surface area contributed by atoms with E-state index in [2.05, 4.69) is 26.0 Å². The first kappa shape index (κ1) is 16.8. The van der Waals surface area contributed by atoms with Crippen LogP contribution in [0.4, 0.5) is 18.9 Å². The molecule has 0 atom stereocenters. The van der Waals surface area contributed by atoms with E-state index in [1.54, 1.807) is 13.8 Å². The molecule has 8 heteroatoms. The van der Waals surface area contributed by atoms with Gasteiger partial charge in [0, 0.05) is 4.47 Å². The summed E-state index contributed by atoms with van der Waals surface area (Å²) in [5, 5.41) is 2.31. The van der Waals surface area contributed by atoms with Crippen LogP contribution in [0.2, 0.25) is 0 Å². The Kier molecular flexibility index (Phi) is 5.82. The lowest BCUT2D eigenvalue weighted by molar-refractivity contribution is -0.274. The van der Waals surface area contributed by atoms with Gasteiger partial charge in [-0.1, -0.05) is 15.9 Å². The number of carbonyl (C=O) groups is 1. The molecule has 0 aliphatic carbocycles. The lowest BCUT2D eigenvalue weighted by Gasteiger charge is -2.15. The van der Waals surface area contributed by atoms with Crippen LogP contribution in [0.5, 0.6) is 5.75 Å². The second-order valence-corrected chi connectivity index (χ2v) is 5.01. The van der Waals surface area contributed by atoms with Crippen molar-refractivity contribution in [3.8, 4) is 5.75 Å². The molecule has 1 aromatic carbocycles. The number of rotatable bonds is 5. The Morgan fingerprint density at radius 2 is 2.05 bits per heavy atom. The largest absolute Gasteiger partial charge is 0.573 e. The molecule has 0 aliphatic rings. The van der Waals surface area contributed by atoms with Crippen LogP contribution in [0.1, 0.15) is 13.8 Å². The molecular formula is C12H13BrF3NO3. The molecule has 0 radical (unpaired) electrons. The maximum Gasteiger partial charge on any atom is 0.573 e. The first-order valence-electron chi connectivity index (χ1n) is 5.64. The number of anilines is 1. The second-order valence-electron chi connectivity index (χ2n) is 4.10. The van der Waals surface area contributed by atoms with E-state index < -0.39 is 18.0 Å². The van der Waals surface area contributed by atoms with Gasteiger partial charge < -0.3 is 14.8 Å². The van der Waals surface area contributed by atoms with E-state index in [0.29, 0.717) is 4.47 Å². The van der Waals surface area contributed by atoms with E-state index in [-0.39, 0.29) is 18.4 Å². The van der Waals surface area contributed by atoms with Gasteiger partial charge in [0.15, 0.2) is 5.75 Å². The smallest absolute Gasteiger partial charge is 0.404 e. The molecule has 4 nitrogen and oxygen atoms in total. The van der Waals surface area contributed by atoms with Crippen LogP contribution in [0, 0.1) is 0 Å². The van der Waals surface area contributed by atoms with Gasteiger partial charge in [-0.05, 0) is 32.0 Å². The van der Waals surface area contributed by atoms with Crippen molar-refractivity contribution in [2.45, 2.75) is 26.3 Å². The number of hydrogen-bond acceptors (Lipinski definition) is 3. The second kappa shape index (κ2) is 6.94. The van der Waals surface area contributed by atoms with Crippen molar-refractivity contribution in [2.75, 3.05) is 11.9 Å². The Hall–Kier alpha value is -1.28. The van der Waals surface area contributed by atoms with Gasteiger partial charge in [-0.3, -0.25) is 4.79 Å². The summed E-state index contributed by atoms with van der Waals surface area (Å²) in [5.41, 5.74) is -0.0807. The van der Waals surface area contributed by atoms with Gasteiger partial charge >= 0.3 is 6.36 Å². The molecule has 0 aromatic heterocycles. The third-order valence-corrected chi connectivity index (χ3v) is 2.48. The number of benzene rings is 1. The molecule has 0 aliphatic heterocycles. The van der Waals surface area contributed by atoms with Crippen LogP contribution >= 0.6 is 15.9 Å². The Morgan fingerprint density at radius 3 is 2.60 bits per heavy atom. The maximum absolute atomic E-state index is 12.3. The molecule has 0 unspecified atom stereocenters. The van der Waals surface area contributed by atoms with E-state index in [1.165, 1.54) is 12.1 Å². The minimum atomic E-state index is -4.84. The standard InChI is InChI=1S/C12H13BrF3NO3/c1-7(2)19-6-11(18)17-9-4-3-8(13)5-10(9)20-12(14,15)16/h3-5,7H,6H2,1-2H3,(H,17,18). The minimum absolute atomic E-state index is 0.0807. The minimum Gasteiger partial charge on any atom is -0.404 e. The highest BCUT2D eigenvalue weighted by molar-refractivity contribution is 9.10. The summed E-state index contributed by atoms with van der Waals surface area (Å²) in [6.07, 6.45) is -4.99. The highest BCUT2D eigenvalue weighted by atomic mass is 79.9. The lowest BCUT2D eigenvalue weighted by Crippen LogP contribution is -2.22. The molecule has 20 heavy (non-hydrogen) atoms. The Morgan fingerprint density at radius 1 is 1.40 bits per heavy atom. The summed E-state index contributed by atoms with van der Waals surface area (Å²) in [4.78, 5) is 11.5. The topological polar surface area (TPSA) is 47.6 Å². The molecule has 1 aromatic rings. The maximum atomic E-state index is 12.3. The lowest BCUT2D eigenvalue weighted by atomic mass is 10.3. The predicted octanol–water partition coefficient (Wildman–Crippen LogP) is 3.71. The van der Waals surface area contributed by atoms with Crippen molar-refractivity contribution in [1.29, 1.82) is 0 Å². The van der Waals surface area contributed by atoms with E-state index in [4.69, 9.17) is 4.74 Å². The normalized spacial score (nSPS) is 11.6. The Labute approximate surface area is 122 Å². The summed E-state index contributed by atoms with van der Waals surface area (Å²) < 4.78 is 46.1. The van der Waals surface area contributed by atoms with E-state index >= 15 is 0 Å². The van der Waals surface area contributed by atoms with Crippen LogP contribution < -0.4 is 10.1 Å². The number of amides is 1.